The Bertz CT molecular complexity index is 508. The van der Waals surface area contributed by atoms with Gasteiger partial charge in [0.05, 0.1) is 0 Å². The van der Waals surface area contributed by atoms with Crippen molar-refractivity contribution in [3.05, 3.63) is 29.3 Å². The molecule has 3 heteroatoms. The van der Waals surface area contributed by atoms with Gasteiger partial charge in [0, 0.05) is 24.0 Å². The molecule has 1 amide bonds. The fourth-order valence-corrected chi connectivity index (χ4v) is 4.36. The average Bonchev–Trinajstić information content (AvgIpc) is 2.95. The number of rotatable bonds is 3. The molecule has 1 aromatic rings. The van der Waals surface area contributed by atoms with E-state index in [2.05, 4.69) is 34.1 Å². The fraction of sp³-hybridized carbons (Fsp3) is 0.588. The molecule has 1 aromatic carbocycles. The van der Waals surface area contributed by atoms with Gasteiger partial charge in [-0.05, 0) is 36.0 Å². The van der Waals surface area contributed by atoms with Crippen LogP contribution in [-0.4, -0.2) is 13.0 Å². The highest BCUT2D eigenvalue weighted by molar-refractivity contribution is 9.09. The molecule has 0 aromatic heterocycles. The number of anilines is 1. The zero-order valence-corrected chi connectivity index (χ0v) is 13.7. The molecule has 0 bridgehead atoms. The topological polar surface area (TPSA) is 20.3 Å². The second kappa shape index (κ2) is 5.88. The summed E-state index contributed by atoms with van der Waals surface area (Å²) in [4.78, 5) is 14.0. The van der Waals surface area contributed by atoms with Crippen molar-refractivity contribution in [2.24, 2.45) is 5.92 Å². The van der Waals surface area contributed by atoms with Crippen molar-refractivity contribution in [1.29, 1.82) is 0 Å². The highest BCUT2D eigenvalue weighted by atomic mass is 79.9. The summed E-state index contributed by atoms with van der Waals surface area (Å²) in [5, 5.41) is 0. The average molecular weight is 336 g/mol. The van der Waals surface area contributed by atoms with E-state index in [4.69, 9.17) is 0 Å². The molecule has 1 unspecified atom stereocenters. The minimum absolute atomic E-state index is 0.228. The highest BCUT2D eigenvalue weighted by Gasteiger charge is 2.23. The van der Waals surface area contributed by atoms with Crippen LogP contribution < -0.4 is 4.90 Å². The summed E-state index contributed by atoms with van der Waals surface area (Å²) in [5.74, 6) is 1.12. The lowest BCUT2D eigenvalue weighted by Crippen LogP contribution is -2.31. The molecule has 1 atom stereocenters. The quantitative estimate of drug-likeness (QED) is 0.738. The number of benzene rings is 1. The van der Waals surface area contributed by atoms with Gasteiger partial charge in [0.25, 0.3) is 0 Å². The Morgan fingerprint density at radius 3 is 2.80 bits per heavy atom. The number of amides is 1. The van der Waals surface area contributed by atoms with Crippen molar-refractivity contribution in [2.45, 2.75) is 49.8 Å². The predicted octanol–water partition coefficient (Wildman–Crippen LogP) is 4.61. The summed E-state index contributed by atoms with van der Waals surface area (Å²) >= 11 is 3.87. The van der Waals surface area contributed by atoms with Gasteiger partial charge >= 0.3 is 0 Å². The molecule has 0 N–H and O–H groups in total. The number of fused-ring (bicyclic) bond motifs is 1. The van der Waals surface area contributed by atoms with Gasteiger partial charge in [-0.25, -0.2) is 0 Å². The first kappa shape index (κ1) is 14.1. The Balaban J connectivity index is 1.76. The van der Waals surface area contributed by atoms with E-state index in [0.29, 0.717) is 11.2 Å². The maximum atomic E-state index is 11.7. The Morgan fingerprint density at radius 1 is 1.30 bits per heavy atom. The summed E-state index contributed by atoms with van der Waals surface area (Å²) < 4.78 is 0. The Morgan fingerprint density at radius 2 is 2.05 bits per heavy atom. The molecule has 1 fully saturated rings. The second-order valence-electron chi connectivity index (χ2n) is 6.19. The molecule has 2 nitrogen and oxygen atoms in total. The molecule has 0 saturated heterocycles. The Hall–Kier alpha value is -0.830. The lowest BCUT2D eigenvalue weighted by atomic mass is 9.94. The summed E-state index contributed by atoms with van der Waals surface area (Å²) in [6.07, 6.45) is 8.36. The van der Waals surface area contributed by atoms with E-state index in [1.807, 2.05) is 7.05 Å². The Labute approximate surface area is 129 Å². The van der Waals surface area contributed by atoms with Crippen LogP contribution in [0.3, 0.4) is 0 Å². The molecule has 1 aliphatic heterocycles. The van der Waals surface area contributed by atoms with E-state index in [1.165, 1.54) is 43.2 Å². The molecule has 0 radical (unpaired) electrons. The lowest BCUT2D eigenvalue weighted by molar-refractivity contribution is -0.118. The van der Waals surface area contributed by atoms with Gasteiger partial charge in [-0.15, -0.1) is 0 Å². The third kappa shape index (κ3) is 2.78. The van der Waals surface area contributed by atoms with E-state index in [0.717, 1.165) is 18.0 Å². The number of hydrogen-bond acceptors (Lipinski definition) is 1. The van der Waals surface area contributed by atoms with Crippen LogP contribution in [-0.2, 0) is 11.2 Å². The fourth-order valence-electron chi connectivity index (χ4n) is 3.55. The van der Waals surface area contributed by atoms with Crippen molar-refractivity contribution in [2.75, 3.05) is 11.9 Å². The van der Waals surface area contributed by atoms with E-state index in [1.54, 1.807) is 4.90 Å². The molecule has 108 valence electrons. The molecule has 0 spiro atoms. The molecule has 1 aliphatic carbocycles. The van der Waals surface area contributed by atoms with E-state index in [9.17, 15) is 4.79 Å². The van der Waals surface area contributed by atoms with E-state index < -0.39 is 0 Å². The molecule has 20 heavy (non-hydrogen) atoms. The molecular weight excluding hydrogens is 314 g/mol. The first-order chi connectivity index (χ1) is 9.65. The first-order valence-corrected chi connectivity index (χ1v) is 8.60. The normalized spacial score (nSPS) is 21.1. The summed E-state index contributed by atoms with van der Waals surface area (Å²) in [7, 11) is 1.88. The number of nitrogens with zero attached hydrogens (tertiary/aromatic N) is 1. The number of halogens is 1. The number of aryl methyl sites for hydroxylation is 1. The molecule has 3 rings (SSSR count). The van der Waals surface area contributed by atoms with E-state index >= 15 is 0 Å². The minimum atomic E-state index is 0.228. The van der Waals surface area contributed by atoms with E-state index in [-0.39, 0.29) is 5.91 Å². The van der Waals surface area contributed by atoms with Crippen LogP contribution in [0, 0.1) is 5.92 Å². The summed E-state index contributed by atoms with van der Waals surface area (Å²) in [5.41, 5.74) is 3.78. The van der Waals surface area contributed by atoms with Crippen LogP contribution in [0.5, 0.6) is 0 Å². The van der Waals surface area contributed by atoms with Crippen molar-refractivity contribution in [3.8, 4) is 0 Å². The van der Waals surface area contributed by atoms with Gasteiger partial charge in [-0.2, -0.15) is 0 Å². The Kier molecular flexibility index (Phi) is 4.16. The molecule has 1 heterocycles. The van der Waals surface area contributed by atoms with Gasteiger partial charge in [0.15, 0.2) is 0 Å². The molecule has 1 saturated carbocycles. The first-order valence-electron chi connectivity index (χ1n) is 7.68. The minimum Gasteiger partial charge on any atom is -0.315 e. The maximum absolute atomic E-state index is 11.7. The second-order valence-corrected chi connectivity index (χ2v) is 7.30. The van der Waals surface area contributed by atoms with Gasteiger partial charge in [-0.3, -0.25) is 4.79 Å². The zero-order chi connectivity index (χ0) is 14.1. The monoisotopic (exact) mass is 335 g/mol. The van der Waals surface area contributed by atoms with Crippen LogP contribution in [0.4, 0.5) is 5.69 Å². The van der Waals surface area contributed by atoms with Gasteiger partial charge < -0.3 is 4.90 Å². The highest BCUT2D eigenvalue weighted by Crippen LogP contribution is 2.39. The van der Waals surface area contributed by atoms with Crippen LogP contribution >= 0.6 is 15.9 Å². The zero-order valence-electron chi connectivity index (χ0n) is 12.1. The van der Waals surface area contributed by atoms with Gasteiger partial charge in [0.2, 0.25) is 5.91 Å². The van der Waals surface area contributed by atoms with Gasteiger partial charge in [-0.1, -0.05) is 53.7 Å². The lowest BCUT2D eigenvalue weighted by Gasteiger charge is -2.27. The van der Waals surface area contributed by atoms with Crippen molar-refractivity contribution < 1.29 is 4.79 Å². The summed E-state index contributed by atoms with van der Waals surface area (Å²) in [6, 6.07) is 6.60. The maximum Gasteiger partial charge on any atom is 0.227 e. The number of carbonyl (C=O) groups is 1. The number of hydrogen-bond donors (Lipinski definition) is 0. The largest absolute Gasteiger partial charge is 0.315 e. The summed E-state index contributed by atoms with van der Waals surface area (Å²) in [6.45, 7) is 0. The van der Waals surface area contributed by atoms with Crippen LogP contribution in [0.15, 0.2) is 18.2 Å². The van der Waals surface area contributed by atoms with Crippen LogP contribution in [0.2, 0.25) is 0 Å². The van der Waals surface area contributed by atoms with Crippen molar-refractivity contribution in [3.63, 3.8) is 0 Å². The van der Waals surface area contributed by atoms with Crippen LogP contribution in [0.1, 0.15) is 54.5 Å². The molecular formula is C17H22BrNO. The molecule has 2 aliphatic rings. The number of carbonyl (C=O) groups excluding carboxylic acids is 1. The third-order valence-electron chi connectivity index (χ3n) is 4.82. The number of alkyl halides is 1. The third-order valence-corrected chi connectivity index (χ3v) is 5.73. The van der Waals surface area contributed by atoms with Gasteiger partial charge in [0.1, 0.15) is 0 Å². The standard InChI is InChI=1S/C17H22BrNO/c1-19-16-8-6-13(11-14(16)7-9-17(19)20)15(18)10-12-4-2-3-5-12/h6,8,11-12,15H,2-5,7,9-10H2,1H3. The smallest absolute Gasteiger partial charge is 0.227 e. The van der Waals surface area contributed by atoms with Crippen LogP contribution in [0.25, 0.3) is 0 Å². The van der Waals surface area contributed by atoms with Crippen molar-refractivity contribution >= 4 is 27.5 Å². The SMILES string of the molecule is CN1C(=O)CCc2cc(C(Br)CC3CCCC3)ccc21. The van der Waals surface area contributed by atoms with Crippen molar-refractivity contribution in [1.82, 2.24) is 0 Å². The predicted molar refractivity (Wildman–Crippen MR) is 86.4 cm³/mol.